The van der Waals surface area contributed by atoms with Gasteiger partial charge in [0.05, 0.1) is 23.9 Å². The summed E-state index contributed by atoms with van der Waals surface area (Å²) >= 11 is 0. The highest BCUT2D eigenvalue weighted by molar-refractivity contribution is 7.92. The minimum absolute atomic E-state index is 0.200. The van der Waals surface area contributed by atoms with Crippen molar-refractivity contribution in [2.45, 2.75) is 25.7 Å². The molecule has 7 heteroatoms. The first-order chi connectivity index (χ1) is 13.3. The molecular formula is C21H23N3O3S. The van der Waals surface area contributed by atoms with Crippen LogP contribution in [0, 0.1) is 20.8 Å². The van der Waals surface area contributed by atoms with Gasteiger partial charge in [0.15, 0.2) is 0 Å². The molecule has 0 saturated carbocycles. The zero-order valence-corrected chi connectivity index (χ0v) is 17.1. The smallest absolute Gasteiger partial charge is 0.262 e. The second-order valence-corrected chi connectivity index (χ2v) is 8.26. The first kappa shape index (κ1) is 19.7. The molecule has 0 amide bonds. The number of rotatable bonds is 6. The van der Waals surface area contributed by atoms with Crippen LogP contribution < -0.4 is 14.8 Å². The van der Waals surface area contributed by atoms with Crippen LogP contribution in [0.2, 0.25) is 0 Å². The number of nitrogens with zero attached hydrogens (tertiary/aromatic N) is 1. The van der Waals surface area contributed by atoms with E-state index in [0.717, 1.165) is 11.3 Å². The molecule has 2 aromatic carbocycles. The van der Waals surface area contributed by atoms with E-state index in [4.69, 9.17) is 4.74 Å². The number of methoxy groups -OCH3 is 1. The van der Waals surface area contributed by atoms with E-state index in [9.17, 15) is 8.42 Å². The molecule has 1 heterocycles. The lowest BCUT2D eigenvalue weighted by Gasteiger charge is -2.12. The van der Waals surface area contributed by atoms with Gasteiger partial charge in [0.25, 0.3) is 10.0 Å². The van der Waals surface area contributed by atoms with Gasteiger partial charge in [0, 0.05) is 5.69 Å². The third-order valence-corrected chi connectivity index (χ3v) is 5.87. The molecule has 28 heavy (non-hydrogen) atoms. The molecular weight excluding hydrogens is 374 g/mol. The van der Waals surface area contributed by atoms with E-state index in [1.807, 2.05) is 26.0 Å². The molecule has 0 aliphatic rings. The maximum Gasteiger partial charge on any atom is 0.262 e. The topological polar surface area (TPSA) is 80.3 Å². The van der Waals surface area contributed by atoms with Crippen molar-refractivity contribution in [1.82, 2.24) is 4.98 Å². The predicted octanol–water partition coefficient (Wildman–Crippen LogP) is 4.56. The number of nitrogens with one attached hydrogen (secondary N) is 2. The fraction of sp³-hybridized carbons (Fsp3) is 0.190. The zero-order valence-electron chi connectivity index (χ0n) is 16.3. The molecule has 0 fully saturated rings. The number of hydrogen-bond acceptors (Lipinski definition) is 5. The van der Waals surface area contributed by atoms with Crippen LogP contribution >= 0.6 is 0 Å². The maximum absolute atomic E-state index is 12.7. The second-order valence-electron chi connectivity index (χ2n) is 6.61. The van der Waals surface area contributed by atoms with Crippen LogP contribution in [0.15, 0.2) is 59.6 Å². The summed E-state index contributed by atoms with van der Waals surface area (Å²) < 4.78 is 33.0. The molecule has 0 saturated heterocycles. The molecule has 0 bridgehead atoms. The van der Waals surface area contributed by atoms with Crippen molar-refractivity contribution in [2.75, 3.05) is 17.1 Å². The molecule has 2 N–H and O–H groups in total. The zero-order chi connectivity index (χ0) is 20.3. The summed E-state index contributed by atoms with van der Waals surface area (Å²) in [6.45, 7) is 5.79. The SMILES string of the molecule is COc1ccc(S(=O)(=O)Nc2ccc(Nc3ccc(C)cc3C)nc2)c(C)c1. The Labute approximate surface area is 165 Å². The Morgan fingerprint density at radius 2 is 1.71 bits per heavy atom. The number of aromatic nitrogens is 1. The summed E-state index contributed by atoms with van der Waals surface area (Å²) in [6.07, 6.45) is 1.49. The van der Waals surface area contributed by atoms with Crippen LogP contribution in [-0.4, -0.2) is 20.5 Å². The van der Waals surface area contributed by atoms with E-state index in [-0.39, 0.29) is 4.90 Å². The first-order valence-corrected chi connectivity index (χ1v) is 10.2. The van der Waals surface area contributed by atoms with Crippen LogP contribution in [0.1, 0.15) is 16.7 Å². The summed E-state index contributed by atoms with van der Waals surface area (Å²) in [5, 5.41) is 3.24. The van der Waals surface area contributed by atoms with E-state index in [1.165, 1.54) is 17.8 Å². The average Bonchev–Trinajstić information content (AvgIpc) is 2.65. The molecule has 146 valence electrons. The summed E-state index contributed by atoms with van der Waals surface area (Å²) in [4.78, 5) is 4.51. The highest BCUT2D eigenvalue weighted by Crippen LogP contribution is 2.24. The summed E-state index contributed by atoms with van der Waals surface area (Å²) in [6, 6.07) is 14.3. The average molecular weight is 398 g/mol. The van der Waals surface area contributed by atoms with E-state index in [1.54, 1.807) is 38.3 Å². The Bertz CT molecular complexity index is 1090. The van der Waals surface area contributed by atoms with Crippen molar-refractivity contribution in [3.63, 3.8) is 0 Å². The second kappa shape index (κ2) is 7.90. The third kappa shape index (κ3) is 4.43. The van der Waals surface area contributed by atoms with Crippen molar-refractivity contribution in [3.05, 3.63) is 71.4 Å². The normalized spacial score (nSPS) is 11.1. The fourth-order valence-corrected chi connectivity index (χ4v) is 4.15. The molecule has 0 spiro atoms. The quantitative estimate of drug-likeness (QED) is 0.637. The molecule has 0 radical (unpaired) electrons. The molecule has 0 aliphatic heterocycles. The number of pyridine rings is 1. The van der Waals surface area contributed by atoms with Crippen molar-refractivity contribution >= 4 is 27.2 Å². The van der Waals surface area contributed by atoms with Crippen LogP contribution in [-0.2, 0) is 10.0 Å². The minimum atomic E-state index is -3.72. The molecule has 0 unspecified atom stereocenters. The van der Waals surface area contributed by atoms with Gasteiger partial charge in [-0.05, 0) is 68.3 Å². The Balaban J connectivity index is 1.76. The van der Waals surface area contributed by atoms with Gasteiger partial charge in [0.1, 0.15) is 11.6 Å². The van der Waals surface area contributed by atoms with Gasteiger partial charge in [-0.25, -0.2) is 13.4 Å². The number of hydrogen-bond donors (Lipinski definition) is 2. The van der Waals surface area contributed by atoms with E-state index in [2.05, 4.69) is 21.1 Å². The van der Waals surface area contributed by atoms with Gasteiger partial charge in [-0.3, -0.25) is 4.72 Å². The number of benzene rings is 2. The highest BCUT2D eigenvalue weighted by atomic mass is 32.2. The number of sulfonamides is 1. The molecule has 1 aromatic heterocycles. The van der Waals surface area contributed by atoms with Crippen molar-refractivity contribution < 1.29 is 13.2 Å². The summed E-state index contributed by atoms with van der Waals surface area (Å²) in [7, 11) is -2.18. The monoisotopic (exact) mass is 397 g/mol. The van der Waals surface area contributed by atoms with Gasteiger partial charge in [-0.2, -0.15) is 0 Å². The van der Waals surface area contributed by atoms with Crippen molar-refractivity contribution in [3.8, 4) is 5.75 Å². The lowest BCUT2D eigenvalue weighted by atomic mass is 10.1. The van der Waals surface area contributed by atoms with E-state index >= 15 is 0 Å². The number of aryl methyl sites for hydroxylation is 3. The van der Waals surface area contributed by atoms with Crippen molar-refractivity contribution in [1.29, 1.82) is 0 Å². The molecule has 6 nitrogen and oxygen atoms in total. The van der Waals surface area contributed by atoms with Gasteiger partial charge in [-0.15, -0.1) is 0 Å². The van der Waals surface area contributed by atoms with E-state index < -0.39 is 10.0 Å². The Morgan fingerprint density at radius 1 is 0.929 bits per heavy atom. The Kier molecular flexibility index (Phi) is 5.56. The lowest BCUT2D eigenvalue weighted by Crippen LogP contribution is -2.14. The van der Waals surface area contributed by atoms with Crippen LogP contribution in [0.3, 0.4) is 0 Å². The van der Waals surface area contributed by atoms with Crippen LogP contribution in [0.5, 0.6) is 5.75 Å². The molecule has 0 aliphatic carbocycles. The largest absolute Gasteiger partial charge is 0.497 e. The van der Waals surface area contributed by atoms with E-state index in [0.29, 0.717) is 22.8 Å². The Hall–Kier alpha value is -3.06. The molecule has 3 aromatic rings. The van der Waals surface area contributed by atoms with Gasteiger partial charge >= 0.3 is 0 Å². The lowest BCUT2D eigenvalue weighted by molar-refractivity contribution is 0.414. The third-order valence-electron chi connectivity index (χ3n) is 4.33. The summed E-state index contributed by atoms with van der Waals surface area (Å²) in [5.41, 5.74) is 4.26. The molecule has 3 rings (SSSR count). The number of ether oxygens (including phenoxy) is 1. The van der Waals surface area contributed by atoms with Gasteiger partial charge in [0.2, 0.25) is 0 Å². The van der Waals surface area contributed by atoms with Crippen molar-refractivity contribution in [2.24, 2.45) is 0 Å². The molecule has 0 atom stereocenters. The van der Waals surface area contributed by atoms with Gasteiger partial charge < -0.3 is 10.1 Å². The fourth-order valence-electron chi connectivity index (χ4n) is 2.88. The standard InChI is InChI=1S/C21H23N3O3S/c1-14-5-8-19(15(2)11-14)23-21-10-6-17(13-22-21)24-28(25,26)20-9-7-18(27-4)12-16(20)3/h5-13,24H,1-4H3,(H,22,23). The summed E-state index contributed by atoms with van der Waals surface area (Å²) in [5.74, 6) is 1.25. The number of anilines is 3. The minimum Gasteiger partial charge on any atom is -0.497 e. The van der Waals surface area contributed by atoms with Crippen LogP contribution in [0.4, 0.5) is 17.2 Å². The van der Waals surface area contributed by atoms with Crippen LogP contribution in [0.25, 0.3) is 0 Å². The first-order valence-electron chi connectivity index (χ1n) is 8.76. The highest BCUT2D eigenvalue weighted by Gasteiger charge is 2.17. The predicted molar refractivity (Wildman–Crippen MR) is 112 cm³/mol. The Morgan fingerprint density at radius 3 is 2.32 bits per heavy atom. The maximum atomic E-state index is 12.7. The van der Waals surface area contributed by atoms with Gasteiger partial charge in [-0.1, -0.05) is 17.7 Å².